The summed E-state index contributed by atoms with van der Waals surface area (Å²) >= 11 is 4.27. The molecule has 78 valence electrons. The van der Waals surface area contributed by atoms with Crippen LogP contribution in [-0.2, 0) is 0 Å². The monoisotopic (exact) mass is 210 g/mol. The van der Waals surface area contributed by atoms with Gasteiger partial charge in [-0.2, -0.15) is 0 Å². The van der Waals surface area contributed by atoms with Gasteiger partial charge in [-0.05, 0) is 37.1 Å². The first-order chi connectivity index (χ1) is 6.74. The lowest BCUT2D eigenvalue weighted by Crippen LogP contribution is -1.98. The number of aryl methyl sites for hydroxylation is 1. The van der Waals surface area contributed by atoms with Crippen molar-refractivity contribution in [3.63, 3.8) is 0 Å². The van der Waals surface area contributed by atoms with Crippen molar-refractivity contribution in [3.05, 3.63) is 23.8 Å². The largest absolute Gasteiger partial charge is 0.493 e. The predicted molar refractivity (Wildman–Crippen MR) is 63.5 cm³/mol. The zero-order valence-electron chi connectivity index (χ0n) is 8.92. The van der Waals surface area contributed by atoms with Gasteiger partial charge in [0.15, 0.2) is 0 Å². The molecule has 0 atom stereocenters. The minimum Gasteiger partial charge on any atom is -0.493 e. The van der Waals surface area contributed by atoms with Crippen LogP contribution < -0.4 is 4.74 Å². The Labute approximate surface area is 91.9 Å². The van der Waals surface area contributed by atoms with Gasteiger partial charge in [0, 0.05) is 4.90 Å². The van der Waals surface area contributed by atoms with E-state index in [1.54, 1.807) is 0 Å². The first kappa shape index (κ1) is 11.4. The average molecular weight is 210 g/mol. The van der Waals surface area contributed by atoms with E-state index in [9.17, 15) is 0 Å². The third-order valence-corrected chi connectivity index (χ3v) is 2.44. The van der Waals surface area contributed by atoms with Crippen molar-refractivity contribution in [2.75, 3.05) is 6.61 Å². The molecule has 0 N–H and O–H groups in total. The topological polar surface area (TPSA) is 9.23 Å². The Kier molecular flexibility index (Phi) is 4.88. The van der Waals surface area contributed by atoms with E-state index in [1.807, 2.05) is 18.2 Å². The standard InChI is InChI=1S/C12H18OS/c1-3-4-5-8-13-12-7-6-11(14)9-10(12)2/h6-7,9,14H,3-5,8H2,1-2H3. The van der Waals surface area contributed by atoms with Crippen LogP contribution in [0.5, 0.6) is 5.75 Å². The molecule has 0 aliphatic heterocycles. The smallest absolute Gasteiger partial charge is 0.122 e. The van der Waals surface area contributed by atoms with Gasteiger partial charge in [0.2, 0.25) is 0 Å². The molecule has 0 heterocycles. The van der Waals surface area contributed by atoms with Crippen molar-refractivity contribution in [2.45, 2.75) is 38.0 Å². The zero-order valence-corrected chi connectivity index (χ0v) is 9.81. The van der Waals surface area contributed by atoms with Crippen LogP contribution in [0.1, 0.15) is 31.7 Å². The van der Waals surface area contributed by atoms with Crippen LogP contribution in [0, 0.1) is 6.92 Å². The Morgan fingerprint density at radius 1 is 1.29 bits per heavy atom. The summed E-state index contributed by atoms with van der Waals surface area (Å²) in [6, 6.07) is 5.98. The Morgan fingerprint density at radius 2 is 2.07 bits per heavy atom. The van der Waals surface area contributed by atoms with E-state index in [-0.39, 0.29) is 0 Å². The van der Waals surface area contributed by atoms with Gasteiger partial charge in [-0.3, -0.25) is 0 Å². The van der Waals surface area contributed by atoms with Gasteiger partial charge in [-0.1, -0.05) is 19.8 Å². The molecule has 0 unspecified atom stereocenters. The summed E-state index contributed by atoms with van der Waals surface area (Å²) < 4.78 is 5.66. The van der Waals surface area contributed by atoms with Crippen molar-refractivity contribution in [2.24, 2.45) is 0 Å². The fourth-order valence-electron chi connectivity index (χ4n) is 1.33. The van der Waals surface area contributed by atoms with Crippen LogP contribution in [0.25, 0.3) is 0 Å². The van der Waals surface area contributed by atoms with Gasteiger partial charge in [0.05, 0.1) is 6.61 Å². The van der Waals surface area contributed by atoms with E-state index in [1.165, 1.54) is 12.8 Å². The minimum absolute atomic E-state index is 0.820. The van der Waals surface area contributed by atoms with Crippen LogP contribution in [0.4, 0.5) is 0 Å². The van der Waals surface area contributed by atoms with E-state index in [4.69, 9.17) is 4.74 Å². The fraction of sp³-hybridized carbons (Fsp3) is 0.500. The maximum absolute atomic E-state index is 5.66. The number of hydrogen-bond acceptors (Lipinski definition) is 2. The zero-order chi connectivity index (χ0) is 10.4. The van der Waals surface area contributed by atoms with Gasteiger partial charge in [0.1, 0.15) is 5.75 Å². The molecule has 14 heavy (non-hydrogen) atoms. The van der Waals surface area contributed by atoms with Crippen LogP contribution in [0.15, 0.2) is 23.1 Å². The summed E-state index contributed by atoms with van der Waals surface area (Å²) in [7, 11) is 0. The van der Waals surface area contributed by atoms with E-state index in [2.05, 4.69) is 26.5 Å². The van der Waals surface area contributed by atoms with E-state index in [0.717, 1.165) is 29.2 Å². The molecule has 0 saturated heterocycles. The normalized spacial score (nSPS) is 10.2. The maximum atomic E-state index is 5.66. The summed E-state index contributed by atoms with van der Waals surface area (Å²) in [5, 5.41) is 0. The molecule has 0 saturated carbocycles. The molecule has 0 amide bonds. The van der Waals surface area contributed by atoms with Gasteiger partial charge in [-0.25, -0.2) is 0 Å². The number of unbranched alkanes of at least 4 members (excludes halogenated alkanes) is 2. The third kappa shape index (κ3) is 3.62. The van der Waals surface area contributed by atoms with Crippen LogP contribution in [0.3, 0.4) is 0 Å². The highest BCUT2D eigenvalue weighted by molar-refractivity contribution is 7.80. The second-order valence-corrected chi connectivity index (χ2v) is 4.02. The van der Waals surface area contributed by atoms with E-state index >= 15 is 0 Å². The molecule has 0 fully saturated rings. The molecule has 0 aliphatic rings. The summed E-state index contributed by atoms with van der Waals surface area (Å²) in [5.74, 6) is 0.985. The first-order valence-electron chi connectivity index (χ1n) is 5.16. The highest BCUT2D eigenvalue weighted by Crippen LogP contribution is 2.20. The molecule has 1 nitrogen and oxygen atoms in total. The Balaban J connectivity index is 2.42. The van der Waals surface area contributed by atoms with Gasteiger partial charge in [0.25, 0.3) is 0 Å². The molecule has 1 rings (SSSR count). The van der Waals surface area contributed by atoms with E-state index < -0.39 is 0 Å². The fourth-order valence-corrected chi connectivity index (χ4v) is 1.60. The SMILES string of the molecule is CCCCCOc1ccc(S)cc1C. The quantitative estimate of drug-likeness (QED) is 0.573. The molecule has 0 spiro atoms. The summed E-state index contributed by atoms with van der Waals surface area (Å²) in [5.41, 5.74) is 1.16. The van der Waals surface area contributed by atoms with Crippen molar-refractivity contribution in [1.82, 2.24) is 0 Å². The van der Waals surface area contributed by atoms with Crippen LogP contribution in [0.2, 0.25) is 0 Å². The van der Waals surface area contributed by atoms with Crippen molar-refractivity contribution in [3.8, 4) is 5.75 Å². The summed E-state index contributed by atoms with van der Waals surface area (Å²) in [4.78, 5) is 0.989. The van der Waals surface area contributed by atoms with Gasteiger partial charge >= 0.3 is 0 Å². The van der Waals surface area contributed by atoms with Crippen molar-refractivity contribution < 1.29 is 4.74 Å². The Hall–Kier alpha value is -0.630. The summed E-state index contributed by atoms with van der Waals surface area (Å²) in [6.45, 7) is 5.07. The molecular formula is C12H18OS. The molecule has 0 aliphatic carbocycles. The highest BCUT2D eigenvalue weighted by Gasteiger charge is 1.98. The lowest BCUT2D eigenvalue weighted by Gasteiger charge is -2.08. The second kappa shape index (κ2) is 5.97. The Morgan fingerprint density at radius 3 is 2.71 bits per heavy atom. The molecule has 1 aromatic carbocycles. The van der Waals surface area contributed by atoms with E-state index in [0.29, 0.717) is 0 Å². The highest BCUT2D eigenvalue weighted by atomic mass is 32.1. The van der Waals surface area contributed by atoms with Gasteiger partial charge in [-0.15, -0.1) is 12.6 Å². The number of benzene rings is 1. The molecule has 1 aromatic rings. The number of ether oxygens (including phenoxy) is 1. The lowest BCUT2D eigenvalue weighted by atomic mass is 10.2. The molecule has 0 radical (unpaired) electrons. The second-order valence-electron chi connectivity index (χ2n) is 3.51. The van der Waals surface area contributed by atoms with Crippen molar-refractivity contribution >= 4 is 12.6 Å². The molecule has 0 bridgehead atoms. The predicted octanol–water partition coefficient (Wildman–Crippen LogP) is 3.85. The number of hydrogen-bond donors (Lipinski definition) is 1. The lowest BCUT2D eigenvalue weighted by molar-refractivity contribution is 0.304. The number of thiol groups is 1. The molecular weight excluding hydrogens is 192 g/mol. The molecule has 0 aromatic heterocycles. The van der Waals surface area contributed by atoms with Crippen LogP contribution >= 0.6 is 12.6 Å². The van der Waals surface area contributed by atoms with Crippen LogP contribution in [-0.4, -0.2) is 6.61 Å². The average Bonchev–Trinajstić information content (AvgIpc) is 2.15. The summed E-state index contributed by atoms with van der Waals surface area (Å²) in [6.07, 6.45) is 3.61. The minimum atomic E-state index is 0.820. The number of rotatable bonds is 5. The maximum Gasteiger partial charge on any atom is 0.122 e. The first-order valence-corrected chi connectivity index (χ1v) is 5.61. The third-order valence-electron chi connectivity index (χ3n) is 2.16. The van der Waals surface area contributed by atoms with Gasteiger partial charge < -0.3 is 4.74 Å². The molecule has 2 heteroatoms. The van der Waals surface area contributed by atoms with Crippen molar-refractivity contribution in [1.29, 1.82) is 0 Å². The Bertz CT molecular complexity index is 284.